The molecule has 22 heavy (non-hydrogen) atoms. The van der Waals surface area contributed by atoms with Gasteiger partial charge in [-0.2, -0.15) is 0 Å². The molecule has 3 aromatic rings. The minimum absolute atomic E-state index is 0.0247. The molecule has 1 heterocycles. The van der Waals surface area contributed by atoms with Gasteiger partial charge in [0.2, 0.25) is 0 Å². The molecule has 0 spiro atoms. The van der Waals surface area contributed by atoms with Gasteiger partial charge in [0.25, 0.3) is 5.91 Å². The minimum Gasteiger partial charge on any atom is -0.484 e. The van der Waals surface area contributed by atoms with E-state index in [4.69, 9.17) is 4.74 Å². The first kappa shape index (κ1) is 14.5. The van der Waals surface area contributed by atoms with Crippen molar-refractivity contribution in [3.05, 3.63) is 54.1 Å². The number of carbonyl (C=O) groups is 1. The Hall–Kier alpha value is -2.40. The first-order valence-corrected chi connectivity index (χ1v) is 7.93. The van der Waals surface area contributed by atoms with E-state index in [1.54, 1.807) is 0 Å². The Morgan fingerprint density at radius 1 is 1.23 bits per heavy atom. The maximum atomic E-state index is 11.9. The second-order valence-electron chi connectivity index (χ2n) is 4.82. The SMILES string of the molecule is CCc1cccc(OCC(=O)Nc2nc3ccccc3s2)c1. The highest BCUT2D eigenvalue weighted by molar-refractivity contribution is 7.22. The van der Waals surface area contributed by atoms with Crippen molar-refractivity contribution in [2.75, 3.05) is 11.9 Å². The number of para-hydroxylation sites is 1. The molecule has 112 valence electrons. The topological polar surface area (TPSA) is 51.2 Å². The van der Waals surface area contributed by atoms with Gasteiger partial charge >= 0.3 is 0 Å². The summed E-state index contributed by atoms with van der Waals surface area (Å²) in [7, 11) is 0. The zero-order valence-electron chi connectivity index (χ0n) is 12.2. The lowest BCUT2D eigenvalue weighted by atomic mass is 10.2. The van der Waals surface area contributed by atoms with Crippen LogP contribution in [-0.2, 0) is 11.2 Å². The van der Waals surface area contributed by atoms with E-state index in [0.29, 0.717) is 10.9 Å². The van der Waals surface area contributed by atoms with Crippen LogP contribution in [0.1, 0.15) is 12.5 Å². The molecule has 0 radical (unpaired) electrons. The van der Waals surface area contributed by atoms with Crippen LogP contribution in [0.5, 0.6) is 5.75 Å². The van der Waals surface area contributed by atoms with Crippen molar-refractivity contribution < 1.29 is 9.53 Å². The molecule has 0 unspecified atom stereocenters. The molecule has 0 saturated carbocycles. The Labute approximate surface area is 132 Å². The predicted molar refractivity (Wildman–Crippen MR) is 89.6 cm³/mol. The van der Waals surface area contributed by atoms with E-state index < -0.39 is 0 Å². The van der Waals surface area contributed by atoms with E-state index in [0.717, 1.165) is 16.6 Å². The van der Waals surface area contributed by atoms with E-state index >= 15 is 0 Å². The highest BCUT2D eigenvalue weighted by Crippen LogP contribution is 2.25. The van der Waals surface area contributed by atoms with E-state index in [-0.39, 0.29) is 12.5 Å². The summed E-state index contributed by atoms with van der Waals surface area (Å²) in [5, 5.41) is 3.37. The van der Waals surface area contributed by atoms with Gasteiger partial charge in [0.15, 0.2) is 11.7 Å². The van der Waals surface area contributed by atoms with Crippen molar-refractivity contribution >= 4 is 32.6 Å². The lowest BCUT2D eigenvalue weighted by molar-refractivity contribution is -0.118. The van der Waals surface area contributed by atoms with Crippen LogP contribution in [0.4, 0.5) is 5.13 Å². The maximum Gasteiger partial charge on any atom is 0.264 e. The Kier molecular flexibility index (Phi) is 4.34. The van der Waals surface area contributed by atoms with Crippen molar-refractivity contribution in [3.63, 3.8) is 0 Å². The number of nitrogens with one attached hydrogen (secondary N) is 1. The standard InChI is InChI=1S/C17H16N2O2S/c1-2-12-6-5-7-13(10-12)21-11-16(20)19-17-18-14-8-3-4-9-15(14)22-17/h3-10H,2,11H2,1H3,(H,18,19,20). The minimum atomic E-state index is -0.207. The predicted octanol–water partition coefficient (Wildman–Crippen LogP) is 3.88. The summed E-state index contributed by atoms with van der Waals surface area (Å²) in [6.07, 6.45) is 0.940. The molecule has 0 bridgehead atoms. The summed E-state index contributed by atoms with van der Waals surface area (Å²) < 4.78 is 6.57. The molecule has 3 rings (SSSR count). The summed E-state index contributed by atoms with van der Waals surface area (Å²) >= 11 is 1.45. The van der Waals surface area contributed by atoms with Gasteiger partial charge in [0.05, 0.1) is 10.2 Å². The molecule has 0 aliphatic carbocycles. The number of carbonyl (C=O) groups excluding carboxylic acids is 1. The molecule has 4 nitrogen and oxygen atoms in total. The number of anilines is 1. The fourth-order valence-electron chi connectivity index (χ4n) is 2.09. The normalized spacial score (nSPS) is 10.6. The van der Waals surface area contributed by atoms with Gasteiger partial charge in [-0.05, 0) is 36.2 Å². The van der Waals surface area contributed by atoms with Gasteiger partial charge in [0.1, 0.15) is 5.75 Å². The van der Waals surface area contributed by atoms with Crippen LogP contribution >= 0.6 is 11.3 Å². The average Bonchev–Trinajstić information content (AvgIpc) is 2.95. The van der Waals surface area contributed by atoms with Crippen molar-refractivity contribution in [2.45, 2.75) is 13.3 Å². The van der Waals surface area contributed by atoms with E-state index in [9.17, 15) is 4.79 Å². The van der Waals surface area contributed by atoms with Crippen LogP contribution in [0.25, 0.3) is 10.2 Å². The summed E-state index contributed by atoms with van der Waals surface area (Å²) in [4.78, 5) is 16.3. The molecule has 0 fully saturated rings. The number of hydrogen-bond acceptors (Lipinski definition) is 4. The highest BCUT2D eigenvalue weighted by Gasteiger charge is 2.08. The Balaban J connectivity index is 1.60. The zero-order valence-corrected chi connectivity index (χ0v) is 13.0. The van der Waals surface area contributed by atoms with Crippen LogP contribution in [-0.4, -0.2) is 17.5 Å². The quantitative estimate of drug-likeness (QED) is 0.778. The molecular weight excluding hydrogens is 296 g/mol. The fraction of sp³-hybridized carbons (Fsp3) is 0.176. The Morgan fingerprint density at radius 2 is 2.09 bits per heavy atom. The first-order chi connectivity index (χ1) is 10.7. The van der Waals surface area contributed by atoms with Crippen LogP contribution in [0.2, 0.25) is 0 Å². The third-order valence-electron chi connectivity index (χ3n) is 3.22. The number of aromatic nitrogens is 1. The molecular formula is C17H16N2O2S. The van der Waals surface area contributed by atoms with E-state index in [1.807, 2.05) is 48.5 Å². The number of nitrogens with zero attached hydrogens (tertiary/aromatic N) is 1. The number of rotatable bonds is 5. The van der Waals surface area contributed by atoms with Crippen LogP contribution in [0.3, 0.4) is 0 Å². The fourth-order valence-corrected chi connectivity index (χ4v) is 2.97. The Bertz CT molecular complexity index is 765. The van der Waals surface area contributed by atoms with Crippen LogP contribution in [0, 0.1) is 0 Å². The maximum absolute atomic E-state index is 11.9. The molecule has 0 atom stereocenters. The lowest BCUT2D eigenvalue weighted by Crippen LogP contribution is -2.20. The summed E-state index contributed by atoms with van der Waals surface area (Å²) in [5.41, 5.74) is 2.07. The number of fused-ring (bicyclic) bond motifs is 1. The van der Waals surface area contributed by atoms with Crippen molar-refractivity contribution in [1.29, 1.82) is 0 Å². The molecule has 0 saturated heterocycles. The number of hydrogen-bond donors (Lipinski definition) is 1. The monoisotopic (exact) mass is 312 g/mol. The van der Waals surface area contributed by atoms with Gasteiger partial charge in [0, 0.05) is 0 Å². The Morgan fingerprint density at radius 3 is 2.91 bits per heavy atom. The molecule has 1 N–H and O–H groups in total. The van der Waals surface area contributed by atoms with Gasteiger partial charge in [-0.1, -0.05) is 42.5 Å². The van der Waals surface area contributed by atoms with Crippen LogP contribution < -0.4 is 10.1 Å². The molecule has 0 aliphatic heterocycles. The van der Waals surface area contributed by atoms with Gasteiger partial charge < -0.3 is 4.74 Å². The largest absolute Gasteiger partial charge is 0.484 e. The third-order valence-corrected chi connectivity index (χ3v) is 4.17. The summed E-state index contributed by atoms with van der Waals surface area (Å²) in [6.45, 7) is 2.06. The zero-order chi connectivity index (χ0) is 15.4. The van der Waals surface area contributed by atoms with Crippen molar-refractivity contribution in [1.82, 2.24) is 4.98 Å². The second-order valence-corrected chi connectivity index (χ2v) is 5.86. The lowest BCUT2D eigenvalue weighted by Gasteiger charge is -2.06. The molecule has 1 aromatic heterocycles. The van der Waals surface area contributed by atoms with Gasteiger partial charge in [-0.15, -0.1) is 0 Å². The molecule has 2 aromatic carbocycles. The number of ether oxygens (including phenoxy) is 1. The second kappa shape index (κ2) is 6.58. The molecule has 1 amide bonds. The summed E-state index contributed by atoms with van der Waals surface area (Å²) in [6, 6.07) is 15.6. The number of benzene rings is 2. The molecule has 0 aliphatic rings. The summed E-state index contributed by atoms with van der Waals surface area (Å²) in [5.74, 6) is 0.500. The van der Waals surface area contributed by atoms with Gasteiger partial charge in [-0.3, -0.25) is 10.1 Å². The highest BCUT2D eigenvalue weighted by atomic mass is 32.1. The van der Waals surface area contributed by atoms with E-state index in [2.05, 4.69) is 17.2 Å². The van der Waals surface area contributed by atoms with Crippen LogP contribution in [0.15, 0.2) is 48.5 Å². The van der Waals surface area contributed by atoms with Crippen molar-refractivity contribution in [2.24, 2.45) is 0 Å². The van der Waals surface area contributed by atoms with E-state index in [1.165, 1.54) is 16.9 Å². The van der Waals surface area contributed by atoms with Gasteiger partial charge in [-0.25, -0.2) is 4.98 Å². The first-order valence-electron chi connectivity index (χ1n) is 7.12. The third kappa shape index (κ3) is 3.43. The number of aryl methyl sites for hydroxylation is 1. The number of thiazole rings is 1. The smallest absolute Gasteiger partial charge is 0.264 e. The number of amides is 1. The van der Waals surface area contributed by atoms with Crippen molar-refractivity contribution in [3.8, 4) is 5.75 Å². The molecule has 5 heteroatoms. The average molecular weight is 312 g/mol.